The van der Waals surface area contributed by atoms with Gasteiger partial charge in [0, 0.05) is 24.6 Å². The van der Waals surface area contributed by atoms with Gasteiger partial charge in [0.15, 0.2) is 0 Å². The van der Waals surface area contributed by atoms with Crippen LogP contribution in [0, 0.1) is 13.8 Å². The molecular formula is C14H19NO. The summed E-state index contributed by atoms with van der Waals surface area (Å²) in [5.41, 5.74) is 3.83. The fraction of sp³-hybridized carbons (Fsp3) is 0.500. The molecule has 1 aromatic carbocycles. The van der Waals surface area contributed by atoms with E-state index in [2.05, 4.69) is 37.4 Å². The van der Waals surface area contributed by atoms with Crippen LogP contribution in [0.25, 0.3) is 0 Å². The molecule has 0 spiro atoms. The van der Waals surface area contributed by atoms with E-state index in [1.807, 2.05) is 0 Å². The normalized spacial score (nSPS) is 17.5. The van der Waals surface area contributed by atoms with Crippen LogP contribution < -0.4 is 5.32 Å². The molecule has 1 saturated carbocycles. The van der Waals surface area contributed by atoms with Crippen molar-refractivity contribution in [2.45, 2.75) is 45.6 Å². The van der Waals surface area contributed by atoms with Crippen molar-refractivity contribution in [1.82, 2.24) is 0 Å². The highest BCUT2D eigenvalue weighted by Crippen LogP contribution is 2.24. The molecule has 1 aromatic rings. The molecule has 0 unspecified atom stereocenters. The number of para-hydroxylation sites is 1. The van der Waals surface area contributed by atoms with Gasteiger partial charge in [-0.25, -0.2) is 0 Å². The molecule has 2 rings (SSSR count). The highest BCUT2D eigenvalue weighted by Gasteiger charge is 2.19. The van der Waals surface area contributed by atoms with Gasteiger partial charge in [0.05, 0.1) is 0 Å². The van der Waals surface area contributed by atoms with E-state index in [1.165, 1.54) is 16.8 Å². The number of rotatable bonds is 2. The monoisotopic (exact) mass is 217 g/mol. The Morgan fingerprint density at radius 1 is 1.12 bits per heavy atom. The zero-order chi connectivity index (χ0) is 11.5. The molecule has 2 nitrogen and oxygen atoms in total. The number of hydrogen-bond donors (Lipinski definition) is 1. The topological polar surface area (TPSA) is 29.1 Å². The first-order chi connectivity index (χ1) is 7.66. The fourth-order valence-electron chi connectivity index (χ4n) is 2.33. The summed E-state index contributed by atoms with van der Waals surface area (Å²) in [6.07, 6.45) is 3.43. The third-order valence-electron chi connectivity index (χ3n) is 3.37. The molecule has 0 heterocycles. The van der Waals surface area contributed by atoms with Crippen LogP contribution in [0.2, 0.25) is 0 Å². The van der Waals surface area contributed by atoms with E-state index in [1.54, 1.807) is 0 Å². The van der Waals surface area contributed by atoms with Crippen LogP contribution in [0.5, 0.6) is 0 Å². The van der Waals surface area contributed by atoms with Crippen molar-refractivity contribution in [2.75, 3.05) is 5.32 Å². The molecule has 0 radical (unpaired) electrons. The van der Waals surface area contributed by atoms with Crippen molar-refractivity contribution >= 4 is 11.5 Å². The molecule has 0 amide bonds. The van der Waals surface area contributed by atoms with Crippen LogP contribution in [-0.2, 0) is 4.79 Å². The van der Waals surface area contributed by atoms with E-state index < -0.39 is 0 Å². The molecule has 0 saturated heterocycles. The second-order valence-electron chi connectivity index (χ2n) is 4.72. The van der Waals surface area contributed by atoms with E-state index in [0.717, 1.165) is 25.7 Å². The maximum absolute atomic E-state index is 11.2. The summed E-state index contributed by atoms with van der Waals surface area (Å²) in [6, 6.07) is 6.81. The fourth-order valence-corrected chi connectivity index (χ4v) is 2.33. The Kier molecular flexibility index (Phi) is 3.28. The molecule has 1 aliphatic rings. The molecular weight excluding hydrogens is 198 g/mol. The minimum Gasteiger partial charge on any atom is -0.382 e. The van der Waals surface area contributed by atoms with E-state index in [9.17, 15) is 4.79 Å². The Morgan fingerprint density at radius 3 is 2.25 bits per heavy atom. The first-order valence-electron chi connectivity index (χ1n) is 6.01. The molecule has 0 aromatic heterocycles. The lowest BCUT2D eigenvalue weighted by Gasteiger charge is -2.25. The maximum atomic E-state index is 11.2. The summed E-state index contributed by atoms with van der Waals surface area (Å²) in [5.74, 6) is 0.416. The predicted molar refractivity (Wildman–Crippen MR) is 66.8 cm³/mol. The zero-order valence-corrected chi connectivity index (χ0v) is 10.0. The van der Waals surface area contributed by atoms with E-state index in [4.69, 9.17) is 0 Å². The average Bonchev–Trinajstić information content (AvgIpc) is 2.26. The smallest absolute Gasteiger partial charge is 0.133 e. The van der Waals surface area contributed by atoms with Crippen LogP contribution in [0.15, 0.2) is 18.2 Å². The van der Waals surface area contributed by atoms with Crippen LogP contribution in [0.3, 0.4) is 0 Å². The number of ketones is 1. The summed E-state index contributed by atoms with van der Waals surface area (Å²) in [7, 11) is 0. The van der Waals surface area contributed by atoms with Gasteiger partial charge in [-0.05, 0) is 37.8 Å². The molecule has 2 heteroatoms. The number of hydrogen-bond acceptors (Lipinski definition) is 2. The minimum absolute atomic E-state index is 0.416. The van der Waals surface area contributed by atoms with Gasteiger partial charge in [-0.15, -0.1) is 0 Å². The van der Waals surface area contributed by atoms with Crippen LogP contribution in [-0.4, -0.2) is 11.8 Å². The average molecular weight is 217 g/mol. The van der Waals surface area contributed by atoms with Gasteiger partial charge < -0.3 is 5.32 Å². The first-order valence-corrected chi connectivity index (χ1v) is 6.01. The van der Waals surface area contributed by atoms with Gasteiger partial charge in [0.25, 0.3) is 0 Å². The van der Waals surface area contributed by atoms with E-state index in [-0.39, 0.29) is 0 Å². The predicted octanol–water partition coefficient (Wildman–Crippen LogP) is 3.23. The Bertz CT molecular complexity index is 367. The molecule has 1 aliphatic carbocycles. The molecule has 16 heavy (non-hydrogen) atoms. The largest absolute Gasteiger partial charge is 0.382 e. The van der Waals surface area contributed by atoms with Gasteiger partial charge in [-0.3, -0.25) is 4.79 Å². The first kappa shape index (κ1) is 11.2. The third kappa shape index (κ3) is 2.43. The Labute approximate surface area is 97.1 Å². The lowest BCUT2D eigenvalue weighted by molar-refractivity contribution is -0.120. The number of nitrogens with one attached hydrogen (secondary N) is 1. The van der Waals surface area contributed by atoms with Gasteiger partial charge in [-0.2, -0.15) is 0 Å². The standard InChI is InChI=1S/C14H19NO/c1-10-4-3-5-11(2)14(10)15-12-6-8-13(16)9-7-12/h3-5,12,15H,6-9H2,1-2H3. The summed E-state index contributed by atoms with van der Waals surface area (Å²) in [5, 5.41) is 3.59. The van der Waals surface area contributed by atoms with Crippen molar-refractivity contribution in [3.8, 4) is 0 Å². The highest BCUT2D eigenvalue weighted by atomic mass is 16.1. The Hall–Kier alpha value is -1.31. The number of carbonyl (C=O) groups is 1. The van der Waals surface area contributed by atoms with Gasteiger partial charge >= 0.3 is 0 Å². The molecule has 86 valence electrons. The van der Waals surface area contributed by atoms with Crippen molar-refractivity contribution in [1.29, 1.82) is 0 Å². The van der Waals surface area contributed by atoms with E-state index >= 15 is 0 Å². The molecule has 0 atom stereocenters. The van der Waals surface area contributed by atoms with Crippen molar-refractivity contribution in [3.05, 3.63) is 29.3 Å². The second kappa shape index (κ2) is 4.69. The minimum atomic E-state index is 0.416. The zero-order valence-electron chi connectivity index (χ0n) is 10.0. The lowest BCUT2D eigenvalue weighted by atomic mass is 9.93. The number of anilines is 1. The SMILES string of the molecule is Cc1cccc(C)c1NC1CCC(=O)CC1. The molecule has 1 N–H and O–H groups in total. The van der Waals surface area contributed by atoms with Crippen LogP contribution >= 0.6 is 0 Å². The van der Waals surface area contributed by atoms with Crippen molar-refractivity contribution in [3.63, 3.8) is 0 Å². The number of carbonyl (C=O) groups excluding carboxylic acids is 1. The summed E-state index contributed by atoms with van der Waals surface area (Å²) < 4.78 is 0. The Balaban J connectivity index is 2.06. The summed E-state index contributed by atoms with van der Waals surface area (Å²) >= 11 is 0. The van der Waals surface area contributed by atoms with E-state index in [0.29, 0.717) is 11.8 Å². The third-order valence-corrected chi connectivity index (χ3v) is 3.37. The maximum Gasteiger partial charge on any atom is 0.133 e. The summed E-state index contributed by atoms with van der Waals surface area (Å²) in [4.78, 5) is 11.2. The molecule has 0 bridgehead atoms. The highest BCUT2D eigenvalue weighted by molar-refractivity contribution is 5.79. The van der Waals surface area contributed by atoms with Crippen molar-refractivity contribution in [2.24, 2.45) is 0 Å². The number of Topliss-reactive ketones (excluding diaryl/α,β-unsaturated/α-hetero) is 1. The lowest BCUT2D eigenvalue weighted by Crippen LogP contribution is -2.26. The number of aryl methyl sites for hydroxylation is 2. The molecule has 1 fully saturated rings. The van der Waals surface area contributed by atoms with Gasteiger partial charge in [-0.1, -0.05) is 18.2 Å². The Morgan fingerprint density at radius 2 is 1.69 bits per heavy atom. The van der Waals surface area contributed by atoms with Crippen LogP contribution in [0.1, 0.15) is 36.8 Å². The quantitative estimate of drug-likeness (QED) is 0.824. The van der Waals surface area contributed by atoms with Gasteiger partial charge in [0.1, 0.15) is 5.78 Å². The van der Waals surface area contributed by atoms with Crippen molar-refractivity contribution < 1.29 is 4.79 Å². The second-order valence-corrected chi connectivity index (χ2v) is 4.72. The van der Waals surface area contributed by atoms with Gasteiger partial charge in [0.2, 0.25) is 0 Å². The van der Waals surface area contributed by atoms with Crippen LogP contribution in [0.4, 0.5) is 5.69 Å². The summed E-state index contributed by atoms with van der Waals surface area (Å²) in [6.45, 7) is 4.26. The number of benzene rings is 1. The molecule has 0 aliphatic heterocycles.